The van der Waals surface area contributed by atoms with E-state index in [4.69, 9.17) is 4.42 Å². The highest BCUT2D eigenvalue weighted by Crippen LogP contribution is 2.28. The molecule has 0 atom stereocenters. The molecule has 0 fully saturated rings. The monoisotopic (exact) mass is 349 g/mol. The lowest BCUT2D eigenvalue weighted by Gasteiger charge is -2.23. The van der Waals surface area contributed by atoms with E-state index >= 15 is 0 Å². The summed E-state index contributed by atoms with van der Waals surface area (Å²) in [5.41, 5.74) is 1.44. The van der Waals surface area contributed by atoms with E-state index in [9.17, 15) is 9.59 Å². The number of hydrogen-bond acceptors (Lipinski definition) is 5. The second-order valence-corrected chi connectivity index (χ2v) is 7.00. The zero-order chi connectivity index (χ0) is 17.7. The molecule has 1 N–H and O–H groups in total. The molecule has 0 aliphatic rings. The first-order chi connectivity index (χ1) is 11.4. The van der Waals surface area contributed by atoms with Crippen molar-refractivity contribution < 1.29 is 14.0 Å². The van der Waals surface area contributed by atoms with Crippen LogP contribution in [0.25, 0.3) is 11.1 Å². The van der Waals surface area contributed by atoms with Crippen molar-refractivity contribution in [2.24, 2.45) is 0 Å². The maximum Gasteiger partial charge on any atom is 0.278 e. The minimum Gasteiger partial charge on any atom is -0.430 e. The van der Waals surface area contributed by atoms with Crippen LogP contribution in [0.3, 0.4) is 0 Å². The van der Waals surface area contributed by atoms with Gasteiger partial charge in [0.25, 0.3) is 5.22 Å². The average Bonchev–Trinajstić information content (AvgIpc) is 2.92. The average molecular weight is 349 g/mol. The molecule has 2 rings (SSSR count). The summed E-state index contributed by atoms with van der Waals surface area (Å²) in [6.07, 6.45) is 0.332. The molecule has 24 heavy (non-hydrogen) atoms. The normalized spacial score (nSPS) is 11.2. The molecule has 1 heterocycles. The third-order valence-corrected chi connectivity index (χ3v) is 4.33. The van der Waals surface area contributed by atoms with Gasteiger partial charge in [-0.3, -0.25) is 13.9 Å². The van der Waals surface area contributed by atoms with Crippen LogP contribution in [0.5, 0.6) is 0 Å². The van der Waals surface area contributed by atoms with Crippen molar-refractivity contribution in [1.82, 2.24) is 14.6 Å². The van der Waals surface area contributed by atoms with Gasteiger partial charge in [-0.05, 0) is 39.8 Å². The molecule has 0 radical (unpaired) electrons. The highest BCUT2D eigenvalue weighted by Gasteiger charge is 2.22. The summed E-state index contributed by atoms with van der Waals surface area (Å²) in [6, 6.07) is 7.50. The molecule has 6 nitrogen and oxygen atoms in total. The third-order valence-electron chi connectivity index (χ3n) is 3.18. The topological polar surface area (TPSA) is 75.4 Å². The van der Waals surface area contributed by atoms with Crippen molar-refractivity contribution in [2.45, 2.75) is 57.8 Å². The maximum atomic E-state index is 12.5. The standard InChI is InChI=1S/C17H23N3O3S/c1-11(2)18-15(21)9-10-16(22)20(12(3)4)24-17-19-13-7-5-6-8-14(13)23-17/h5-8,11-12H,9-10H2,1-4H3,(H,18,21). The molecule has 0 unspecified atom stereocenters. The van der Waals surface area contributed by atoms with Crippen LogP contribution in [0.4, 0.5) is 0 Å². The smallest absolute Gasteiger partial charge is 0.278 e. The molecule has 0 spiro atoms. The van der Waals surface area contributed by atoms with Gasteiger partial charge in [0.15, 0.2) is 5.58 Å². The van der Waals surface area contributed by atoms with E-state index in [-0.39, 0.29) is 36.7 Å². The number of hydrogen-bond donors (Lipinski definition) is 1. The lowest BCUT2D eigenvalue weighted by atomic mass is 10.2. The van der Waals surface area contributed by atoms with Gasteiger partial charge >= 0.3 is 0 Å². The van der Waals surface area contributed by atoms with Gasteiger partial charge in [0.05, 0.1) is 11.9 Å². The summed E-state index contributed by atoms with van der Waals surface area (Å²) in [7, 11) is 0. The number of carbonyl (C=O) groups excluding carboxylic acids is 2. The van der Waals surface area contributed by atoms with E-state index in [1.807, 2.05) is 52.0 Å². The number of para-hydroxylation sites is 2. The molecule has 0 saturated heterocycles. The molecule has 2 amide bonds. The summed E-state index contributed by atoms with van der Waals surface area (Å²) in [5, 5.41) is 3.21. The van der Waals surface area contributed by atoms with Crippen molar-refractivity contribution in [3.05, 3.63) is 24.3 Å². The highest BCUT2D eigenvalue weighted by atomic mass is 32.2. The van der Waals surface area contributed by atoms with E-state index in [2.05, 4.69) is 10.3 Å². The van der Waals surface area contributed by atoms with Crippen LogP contribution in [-0.2, 0) is 9.59 Å². The Balaban J connectivity index is 2.00. The zero-order valence-corrected chi connectivity index (χ0v) is 15.2. The first kappa shape index (κ1) is 18.3. The SMILES string of the molecule is CC(C)NC(=O)CCC(=O)N(Sc1nc2ccccc2o1)C(C)C. The highest BCUT2D eigenvalue weighted by molar-refractivity contribution is 7.97. The van der Waals surface area contributed by atoms with Gasteiger partial charge < -0.3 is 9.73 Å². The third kappa shape index (κ3) is 4.99. The summed E-state index contributed by atoms with van der Waals surface area (Å²) in [5.74, 6) is -0.231. The Morgan fingerprint density at radius 1 is 1.21 bits per heavy atom. The van der Waals surface area contributed by atoms with Crippen molar-refractivity contribution in [1.29, 1.82) is 0 Å². The molecular weight excluding hydrogens is 326 g/mol. The second kappa shape index (κ2) is 8.19. The Morgan fingerprint density at radius 3 is 2.54 bits per heavy atom. The fraction of sp³-hybridized carbons (Fsp3) is 0.471. The van der Waals surface area contributed by atoms with Crippen molar-refractivity contribution in [3.8, 4) is 0 Å². The number of aromatic nitrogens is 1. The number of fused-ring (bicyclic) bond motifs is 1. The minimum atomic E-state index is -0.117. The maximum absolute atomic E-state index is 12.5. The van der Waals surface area contributed by atoms with Crippen LogP contribution < -0.4 is 5.32 Å². The largest absolute Gasteiger partial charge is 0.430 e. The van der Waals surface area contributed by atoms with Crippen molar-refractivity contribution >= 4 is 34.9 Å². The van der Waals surface area contributed by atoms with Gasteiger partial charge in [-0.25, -0.2) is 4.98 Å². The molecule has 1 aromatic carbocycles. The van der Waals surface area contributed by atoms with E-state index in [0.29, 0.717) is 10.8 Å². The van der Waals surface area contributed by atoms with Crippen LogP contribution in [0.2, 0.25) is 0 Å². The Kier molecular flexibility index (Phi) is 6.25. The number of benzene rings is 1. The fourth-order valence-corrected chi connectivity index (χ4v) is 2.98. The predicted molar refractivity (Wildman–Crippen MR) is 94.4 cm³/mol. The zero-order valence-electron chi connectivity index (χ0n) is 14.4. The molecular formula is C17H23N3O3S. The lowest BCUT2D eigenvalue weighted by molar-refractivity contribution is -0.130. The van der Waals surface area contributed by atoms with Crippen molar-refractivity contribution in [2.75, 3.05) is 0 Å². The van der Waals surface area contributed by atoms with Crippen LogP contribution in [0, 0.1) is 0 Å². The molecule has 0 saturated carbocycles. The van der Waals surface area contributed by atoms with Gasteiger partial charge in [0, 0.05) is 24.9 Å². The number of carbonyl (C=O) groups is 2. The van der Waals surface area contributed by atoms with Crippen molar-refractivity contribution in [3.63, 3.8) is 0 Å². The van der Waals surface area contributed by atoms with E-state index in [0.717, 1.165) is 5.52 Å². The van der Waals surface area contributed by atoms with E-state index in [1.54, 1.807) is 4.31 Å². The molecule has 1 aromatic heterocycles. The summed E-state index contributed by atoms with van der Waals surface area (Å²) >= 11 is 1.17. The molecule has 130 valence electrons. The number of nitrogens with one attached hydrogen (secondary N) is 1. The van der Waals surface area contributed by atoms with Gasteiger partial charge in [0.1, 0.15) is 5.52 Å². The molecule has 0 bridgehead atoms. The second-order valence-electron chi connectivity index (χ2n) is 6.07. The minimum absolute atomic E-state index is 0.0364. The molecule has 2 aromatic rings. The van der Waals surface area contributed by atoms with E-state index in [1.165, 1.54) is 11.9 Å². The molecule has 0 aliphatic carbocycles. The lowest BCUT2D eigenvalue weighted by Crippen LogP contribution is -2.34. The fourth-order valence-electron chi connectivity index (χ4n) is 2.14. The van der Waals surface area contributed by atoms with Gasteiger partial charge in [0.2, 0.25) is 11.8 Å². The number of amides is 2. The Morgan fingerprint density at radius 2 is 1.92 bits per heavy atom. The number of nitrogens with zero attached hydrogens (tertiary/aromatic N) is 2. The predicted octanol–water partition coefficient (Wildman–Crippen LogP) is 3.38. The molecule has 7 heteroatoms. The van der Waals surface area contributed by atoms with Crippen LogP contribution in [0.1, 0.15) is 40.5 Å². The molecule has 0 aliphatic heterocycles. The summed E-state index contributed by atoms with van der Waals surface area (Å²) in [4.78, 5) is 28.5. The number of rotatable bonds is 7. The number of oxazole rings is 1. The summed E-state index contributed by atoms with van der Waals surface area (Å²) < 4.78 is 7.26. The first-order valence-corrected chi connectivity index (χ1v) is 8.79. The Hall–Kier alpha value is -2.02. The van der Waals surface area contributed by atoms with Crippen LogP contribution >= 0.6 is 11.9 Å². The van der Waals surface area contributed by atoms with Gasteiger partial charge in [-0.15, -0.1) is 0 Å². The van der Waals surface area contributed by atoms with E-state index < -0.39 is 0 Å². The van der Waals surface area contributed by atoms with Crippen LogP contribution in [-0.4, -0.2) is 33.2 Å². The van der Waals surface area contributed by atoms with Crippen LogP contribution in [0.15, 0.2) is 33.9 Å². The summed E-state index contributed by atoms with van der Waals surface area (Å²) in [6.45, 7) is 7.62. The Bertz CT molecular complexity index is 679. The quantitative estimate of drug-likeness (QED) is 0.776. The first-order valence-electron chi connectivity index (χ1n) is 8.01. The van der Waals surface area contributed by atoms with Gasteiger partial charge in [-0.1, -0.05) is 12.1 Å². The van der Waals surface area contributed by atoms with Gasteiger partial charge in [-0.2, -0.15) is 0 Å². The Labute approximate surface area is 146 Å².